The Kier molecular flexibility index (Phi) is 6.18. The molecule has 0 amide bonds. The molecule has 0 radical (unpaired) electrons. The Labute approximate surface area is 139 Å². The quantitative estimate of drug-likeness (QED) is 0.782. The Morgan fingerprint density at radius 1 is 1.09 bits per heavy atom. The van der Waals surface area contributed by atoms with Crippen LogP contribution >= 0.6 is 0 Å². The highest BCUT2D eigenvalue weighted by atomic mass is 16.5. The summed E-state index contributed by atoms with van der Waals surface area (Å²) >= 11 is 0. The molecule has 0 spiro atoms. The van der Waals surface area contributed by atoms with Crippen LogP contribution < -0.4 is 0 Å². The number of hydrogen-bond donors (Lipinski definition) is 0. The number of aromatic nitrogens is 1. The molecule has 3 heteroatoms. The lowest BCUT2D eigenvalue weighted by molar-refractivity contribution is 0.0372. The number of rotatable bonds is 7. The summed E-state index contributed by atoms with van der Waals surface area (Å²) in [6.07, 6.45) is 5.44. The van der Waals surface area contributed by atoms with Gasteiger partial charge in [-0.3, -0.25) is 9.88 Å². The van der Waals surface area contributed by atoms with Gasteiger partial charge in [0.05, 0.1) is 12.3 Å². The zero-order valence-electron chi connectivity index (χ0n) is 13.7. The maximum Gasteiger partial charge on any atom is 0.0543 e. The fourth-order valence-electron chi connectivity index (χ4n) is 3.20. The summed E-state index contributed by atoms with van der Waals surface area (Å²) in [6.45, 7) is 4.93. The van der Waals surface area contributed by atoms with E-state index in [2.05, 4.69) is 52.3 Å². The van der Waals surface area contributed by atoms with Gasteiger partial charge in [0.1, 0.15) is 0 Å². The van der Waals surface area contributed by atoms with Gasteiger partial charge < -0.3 is 4.74 Å². The van der Waals surface area contributed by atoms with Crippen molar-refractivity contribution in [2.45, 2.75) is 25.8 Å². The average Bonchev–Trinajstić information content (AvgIpc) is 2.62. The zero-order chi connectivity index (χ0) is 15.7. The third-order valence-electron chi connectivity index (χ3n) is 4.44. The SMILES string of the molecule is c1ccc(CCN(Cc2ccccn2)CC2CCCOC2)cc1. The van der Waals surface area contributed by atoms with Crippen LogP contribution in [0.3, 0.4) is 0 Å². The van der Waals surface area contributed by atoms with Crippen molar-refractivity contribution >= 4 is 0 Å². The number of ether oxygens (including phenoxy) is 1. The highest BCUT2D eigenvalue weighted by Crippen LogP contribution is 2.16. The van der Waals surface area contributed by atoms with Gasteiger partial charge in [-0.1, -0.05) is 36.4 Å². The summed E-state index contributed by atoms with van der Waals surface area (Å²) in [5, 5.41) is 0. The molecule has 122 valence electrons. The Morgan fingerprint density at radius 2 is 1.96 bits per heavy atom. The molecule has 2 aromatic rings. The molecule has 0 aliphatic carbocycles. The number of pyridine rings is 1. The van der Waals surface area contributed by atoms with Crippen LogP contribution in [0.25, 0.3) is 0 Å². The summed E-state index contributed by atoms with van der Waals surface area (Å²) < 4.78 is 5.65. The van der Waals surface area contributed by atoms with Gasteiger partial charge in [0, 0.05) is 32.4 Å². The van der Waals surface area contributed by atoms with Crippen LogP contribution in [0.2, 0.25) is 0 Å². The second-order valence-corrected chi connectivity index (χ2v) is 6.37. The van der Waals surface area contributed by atoms with Crippen LogP contribution in [0.15, 0.2) is 54.7 Å². The van der Waals surface area contributed by atoms with Gasteiger partial charge in [-0.2, -0.15) is 0 Å². The van der Waals surface area contributed by atoms with Crippen LogP contribution in [0.1, 0.15) is 24.1 Å². The normalized spacial score (nSPS) is 18.2. The predicted molar refractivity (Wildman–Crippen MR) is 93.2 cm³/mol. The van der Waals surface area contributed by atoms with Gasteiger partial charge in [-0.05, 0) is 42.9 Å². The van der Waals surface area contributed by atoms with Crippen molar-refractivity contribution in [3.05, 3.63) is 66.0 Å². The van der Waals surface area contributed by atoms with Crippen molar-refractivity contribution in [3.63, 3.8) is 0 Å². The monoisotopic (exact) mass is 310 g/mol. The van der Waals surface area contributed by atoms with Crippen molar-refractivity contribution in [1.82, 2.24) is 9.88 Å². The molecule has 1 aromatic heterocycles. The Hall–Kier alpha value is -1.71. The maximum atomic E-state index is 5.65. The first-order chi connectivity index (χ1) is 11.4. The first kappa shape index (κ1) is 16.2. The van der Waals surface area contributed by atoms with Crippen molar-refractivity contribution in [1.29, 1.82) is 0 Å². The molecule has 3 rings (SSSR count). The van der Waals surface area contributed by atoms with Crippen molar-refractivity contribution < 1.29 is 4.74 Å². The summed E-state index contributed by atoms with van der Waals surface area (Å²) in [7, 11) is 0. The number of nitrogens with zero attached hydrogens (tertiary/aromatic N) is 2. The average molecular weight is 310 g/mol. The van der Waals surface area contributed by atoms with Crippen LogP contribution in [-0.2, 0) is 17.7 Å². The van der Waals surface area contributed by atoms with E-state index in [-0.39, 0.29) is 0 Å². The van der Waals surface area contributed by atoms with Gasteiger partial charge in [0.25, 0.3) is 0 Å². The molecule has 1 aliphatic heterocycles. The molecule has 1 fully saturated rings. The van der Waals surface area contributed by atoms with Crippen LogP contribution in [0.5, 0.6) is 0 Å². The molecule has 1 aliphatic rings. The lowest BCUT2D eigenvalue weighted by Crippen LogP contribution is -2.34. The minimum atomic E-state index is 0.656. The van der Waals surface area contributed by atoms with Crippen LogP contribution in [0, 0.1) is 5.92 Å². The lowest BCUT2D eigenvalue weighted by atomic mass is 10.0. The molecule has 0 N–H and O–H groups in total. The van der Waals surface area contributed by atoms with E-state index < -0.39 is 0 Å². The van der Waals surface area contributed by atoms with E-state index in [0.29, 0.717) is 5.92 Å². The minimum Gasteiger partial charge on any atom is -0.381 e. The molecule has 23 heavy (non-hydrogen) atoms. The van der Waals surface area contributed by atoms with Crippen LogP contribution in [-0.4, -0.2) is 36.2 Å². The highest BCUT2D eigenvalue weighted by molar-refractivity contribution is 5.15. The van der Waals surface area contributed by atoms with E-state index in [1.54, 1.807) is 0 Å². The molecule has 3 nitrogen and oxygen atoms in total. The van der Waals surface area contributed by atoms with E-state index in [1.807, 2.05) is 12.3 Å². The van der Waals surface area contributed by atoms with Crippen molar-refractivity contribution in [2.75, 3.05) is 26.3 Å². The molecular formula is C20H26N2O. The smallest absolute Gasteiger partial charge is 0.0543 e. The minimum absolute atomic E-state index is 0.656. The van der Waals surface area contributed by atoms with E-state index in [4.69, 9.17) is 4.74 Å². The third kappa shape index (κ3) is 5.45. The molecule has 1 unspecified atom stereocenters. The first-order valence-electron chi connectivity index (χ1n) is 8.64. The van der Waals surface area contributed by atoms with E-state index >= 15 is 0 Å². The fraction of sp³-hybridized carbons (Fsp3) is 0.450. The first-order valence-corrected chi connectivity index (χ1v) is 8.64. The van der Waals surface area contributed by atoms with Gasteiger partial charge in [-0.25, -0.2) is 0 Å². The molecular weight excluding hydrogens is 284 g/mol. The van der Waals surface area contributed by atoms with Gasteiger partial charge in [-0.15, -0.1) is 0 Å². The summed E-state index contributed by atoms with van der Waals surface area (Å²) in [5.41, 5.74) is 2.55. The fourth-order valence-corrected chi connectivity index (χ4v) is 3.20. The predicted octanol–water partition coefficient (Wildman–Crippen LogP) is 3.55. The molecule has 1 aromatic carbocycles. The van der Waals surface area contributed by atoms with Gasteiger partial charge in [0.2, 0.25) is 0 Å². The van der Waals surface area contributed by atoms with Crippen molar-refractivity contribution in [2.24, 2.45) is 5.92 Å². The van der Waals surface area contributed by atoms with E-state index in [0.717, 1.165) is 45.0 Å². The standard InChI is InChI=1S/C20H26N2O/c1-2-7-18(8-3-1)11-13-22(15-19-9-6-14-23-17-19)16-20-10-4-5-12-21-20/h1-5,7-8,10,12,19H,6,9,11,13-17H2. The topological polar surface area (TPSA) is 25.4 Å². The summed E-state index contributed by atoms with van der Waals surface area (Å²) in [6, 6.07) is 16.9. The number of benzene rings is 1. The van der Waals surface area contributed by atoms with Crippen molar-refractivity contribution in [3.8, 4) is 0 Å². The molecule has 2 heterocycles. The molecule has 1 atom stereocenters. The van der Waals surface area contributed by atoms with Crippen LogP contribution in [0.4, 0.5) is 0 Å². The second kappa shape index (κ2) is 8.80. The van der Waals surface area contributed by atoms with Gasteiger partial charge in [0.15, 0.2) is 0 Å². The Morgan fingerprint density at radius 3 is 2.70 bits per heavy atom. The number of hydrogen-bond acceptors (Lipinski definition) is 3. The highest BCUT2D eigenvalue weighted by Gasteiger charge is 2.18. The zero-order valence-corrected chi connectivity index (χ0v) is 13.7. The summed E-state index contributed by atoms with van der Waals surface area (Å²) in [5.74, 6) is 0.656. The third-order valence-corrected chi connectivity index (χ3v) is 4.44. The largest absolute Gasteiger partial charge is 0.381 e. The maximum absolute atomic E-state index is 5.65. The van der Waals surface area contributed by atoms with Gasteiger partial charge >= 0.3 is 0 Å². The Bertz CT molecular complexity index is 552. The Balaban J connectivity index is 1.60. The molecule has 1 saturated heterocycles. The van der Waals surface area contributed by atoms with E-state index in [1.165, 1.54) is 18.4 Å². The molecule has 0 bridgehead atoms. The summed E-state index contributed by atoms with van der Waals surface area (Å²) in [4.78, 5) is 7.03. The lowest BCUT2D eigenvalue weighted by Gasteiger charge is -2.29. The second-order valence-electron chi connectivity index (χ2n) is 6.37. The molecule has 0 saturated carbocycles. The van der Waals surface area contributed by atoms with E-state index in [9.17, 15) is 0 Å².